The van der Waals surface area contributed by atoms with Crippen LogP contribution in [-0.2, 0) is 4.74 Å². The molecule has 3 N–H and O–H groups in total. The molecule has 6 heteroatoms. The number of aliphatic hydroxyl groups is 2. The highest BCUT2D eigenvalue weighted by Gasteiger charge is 2.29. The largest absolute Gasteiger partial charge is 0.449 e. The van der Waals surface area contributed by atoms with Crippen molar-refractivity contribution < 1.29 is 19.7 Å². The number of rotatable bonds is 6. The van der Waals surface area contributed by atoms with Crippen molar-refractivity contribution in [1.82, 2.24) is 5.32 Å². The highest BCUT2D eigenvalue weighted by molar-refractivity contribution is 7.07. The quantitative estimate of drug-likeness (QED) is 0.595. The smallest absolute Gasteiger partial charge is 0.407 e. The molecule has 1 aliphatic rings. The van der Waals surface area contributed by atoms with E-state index in [4.69, 9.17) is 4.74 Å². The molecule has 0 aliphatic heterocycles. The van der Waals surface area contributed by atoms with Crippen LogP contribution in [0.3, 0.4) is 0 Å². The molecular weight excluding hydrogens is 374 g/mol. The minimum atomic E-state index is -1.10. The van der Waals surface area contributed by atoms with E-state index in [0.717, 1.165) is 11.1 Å². The first kappa shape index (κ1) is 18.7. The molecule has 1 amide bonds. The van der Waals surface area contributed by atoms with Crippen LogP contribution in [0, 0.1) is 0 Å². The average molecular weight is 395 g/mol. The van der Waals surface area contributed by atoms with Crippen molar-refractivity contribution >= 4 is 17.4 Å². The second-order valence-electron chi connectivity index (χ2n) is 6.78. The van der Waals surface area contributed by atoms with Crippen LogP contribution in [0.5, 0.6) is 0 Å². The number of hydrogen-bond acceptors (Lipinski definition) is 5. The van der Waals surface area contributed by atoms with Crippen molar-refractivity contribution in [3.63, 3.8) is 0 Å². The van der Waals surface area contributed by atoms with Gasteiger partial charge in [-0.05, 0) is 44.6 Å². The summed E-state index contributed by atoms with van der Waals surface area (Å²) in [4.78, 5) is 12.1. The zero-order valence-corrected chi connectivity index (χ0v) is 15.9. The molecule has 28 heavy (non-hydrogen) atoms. The second-order valence-corrected chi connectivity index (χ2v) is 7.56. The average Bonchev–Trinajstić information content (AvgIpc) is 3.37. The number of fused-ring (bicyclic) bond motifs is 3. The lowest BCUT2D eigenvalue weighted by Crippen LogP contribution is -2.36. The molecule has 144 valence electrons. The summed E-state index contributed by atoms with van der Waals surface area (Å²) in [5, 5.41) is 26.3. The summed E-state index contributed by atoms with van der Waals surface area (Å²) in [5.41, 5.74) is 5.25. The minimum Gasteiger partial charge on any atom is -0.449 e. The number of ether oxygens (including phenoxy) is 1. The fourth-order valence-corrected chi connectivity index (χ4v) is 4.30. The number of benzene rings is 2. The zero-order chi connectivity index (χ0) is 19.5. The van der Waals surface area contributed by atoms with Gasteiger partial charge in [0.2, 0.25) is 0 Å². The summed E-state index contributed by atoms with van der Waals surface area (Å²) in [6, 6.07) is 18.0. The van der Waals surface area contributed by atoms with E-state index in [1.165, 1.54) is 22.5 Å². The topological polar surface area (TPSA) is 78.8 Å². The molecule has 2 atom stereocenters. The maximum atomic E-state index is 12.1. The highest BCUT2D eigenvalue weighted by Crippen LogP contribution is 2.44. The lowest BCUT2D eigenvalue weighted by Gasteiger charge is -2.18. The predicted molar refractivity (Wildman–Crippen MR) is 108 cm³/mol. The molecule has 3 aromatic rings. The third-order valence-electron chi connectivity index (χ3n) is 5.05. The van der Waals surface area contributed by atoms with Gasteiger partial charge in [0.25, 0.3) is 0 Å². The van der Waals surface area contributed by atoms with Crippen LogP contribution < -0.4 is 5.32 Å². The molecule has 2 unspecified atom stereocenters. The van der Waals surface area contributed by atoms with Crippen molar-refractivity contribution in [1.29, 1.82) is 0 Å². The van der Waals surface area contributed by atoms with Gasteiger partial charge in [-0.3, -0.25) is 0 Å². The van der Waals surface area contributed by atoms with Gasteiger partial charge in [0.05, 0.1) is 0 Å². The number of amides is 1. The number of nitrogens with one attached hydrogen (secondary N) is 1. The standard InChI is InChI=1S/C22H21NO4S/c24-20(21(25)14-9-10-28-13-14)11-23-22(26)27-12-19-17-7-3-1-5-15(17)16-6-2-4-8-18(16)19/h1-10,13,19-21,24-25H,11-12H2,(H,23,26). The molecular formula is C22H21NO4S. The van der Waals surface area contributed by atoms with E-state index in [9.17, 15) is 15.0 Å². The molecule has 5 nitrogen and oxygen atoms in total. The van der Waals surface area contributed by atoms with Gasteiger partial charge in [-0.15, -0.1) is 0 Å². The van der Waals surface area contributed by atoms with Crippen molar-refractivity contribution in [2.24, 2.45) is 0 Å². The van der Waals surface area contributed by atoms with E-state index in [1.54, 1.807) is 11.4 Å². The van der Waals surface area contributed by atoms with Crippen LogP contribution in [0.15, 0.2) is 65.4 Å². The summed E-state index contributed by atoms with van der Waals surface area (Å²) >= 11 is 1.44. The Morgan fingerprint density at radius 3 is 2.29 bits per heavy atom. The number of alkyl carbamates (subject to hydrolysis) is 1. The Morgan fingerprint density at radius 2 is 1.68 bits per heavy atom. The van der Waals surface area contributed by atoms with Crippen molar-refractivity contribution in [3.05, 3.63) is 82.0 Å². The summed E-state index contributed by atoms with van der Waals surface area (Å²) in [6.07, 6.45) is -2.76. The molecule has 0 fully saturated rings. The van der Waals surface area contributed by atoms with E-state index in [2.05, 4.69) is 29.6 Å². The first-order valence-corrected chi connectivity index (χ1v) is 10.1. The molecule has 0 spiro atoms. The fraction of sp³-hybridized carbons (Fsp3) is 0.227. The number of aliphatic hydroxyl groups excluding tert-OH is 2. The Hall–Kier alpha value is -2.67. The van der Waals surface area contributed by atoms with E-state index in [1.807, 2.05) is 29.6 Å². The first-order chi connectivity index (χ1) is 13.6. The third kappa shape index (κ3) is 3.67. The minimum absolute atomic E-state index is 0.0144. The number of thiophene rings is 1. The van der Waals surface area contributed by atoms with Gasteiger partial charge in [-0.25, -0.2) is 4.79 Å². The first-order valence-electron chi connectivity index (χ1n) is 9.12. The lowest BCUT2D eigenvalue weighted by atomic mass is 9.98. The van der Waals surface area contributed by atoms with E-state index in [0.29, 0.717) is 5.56 Å². The monoisotopic (exact) mass is 395 g/mol. The summed E-state index contributed by atoms with van der Waals surface area (Å²) < 4.78 is 5.42. The predicted octanol–water partition coefficient (Wildman–Crippen LogP) is 3.68. The van der Waals surface area contributed by atoms with Crippen molar-refractivity contribution in [3.8, 4) is 11.1 Å². The molecule has 1 aromatic heterocycles. The SMILES string of the molecule is O=C(NCC(O)C(O)c1ccsc1)OCC1c2ccccc2-c2ccccc21. The van der Waals surface area contributed by atoms with Crippen LogP contribution in [0.4, 0.5) is 4.79 Å². The van der Waals surface area contributed by atoms with Gasteiger partial charge in [0, 0.05) is 12.5 Å². The van der Waals surface area contributed by atoms with E-state index < -0.39 is 18.3 Å². The van der Waals surface area contributed by atoms with E-state index >= 15 is 0 Å². The molecule has 0 bridgehead atoms. The Bertz CT molecular complexity index is 911. The van der Waals surface area contributed by atoms with Crippen LogP contribution in [0.2, 0.25) is 0 Å². The van der Waals surface area contributed by atoms with Crippen LogP contribution >= 0.6 is 11.3 Å². The molecule has 0 saturated heterocycles. The Morgan fingerprint density at radius 1 is 1.04 bits per heavy atom. The maximum Gasteiger partial charge on any atom is 0.407 e. The number of carbonyl (C=O) groups is 1. The van der Waals surface area contributed by atoms with Gasteiger partial charge in [0.1, 0.15) is 18.8 Å². The van der Waals surface area contributed by atoms with Gasteiger partial charge < -0.3 is 20.3 Å². The molecule has 0 saturated carbocycles. The Labute approximate surface area is 167 Å². The van der Waals surface area contributed by atoms with Crippen molar-refractivity contribution in [2.75, 3.05) is 13.2 Å². The molecule has 2 aromatic carbocycles. The van der Waals surface area contributed by atoms with E-state index in [-0.39, 0.29) is 19.1 Å². The van der Waals surface area contributed by atoms with Gasteiger partial charge in [0.15, 0.2) is 0 Å². The lowest BCUT2D eigenvalue weighted by molar-refractivity contribution is 0.0188. The van der Waals surface area contributed by atoms with Crippen LogP contribution in [-0.4, -0.2) is 35.6 Å². The number of hydrogen-bond donors (Lipinski definition) is 3. The summed E-state index contributed by atoms with van der Waals surface area (Å²) in [6.45, 7) is 0.122. The molecule has 1 heterocycles. The normalized spacial score (nSPS) is 14.8. The van der Waals surface area contributed by atoms with Gasteiger partial charge in [-0.1, -0.05) is 48.5 Å². The second kappa shape index (κ2) is 8.14. The van der Waals surface area contributed by atoms with Crippen LogP contribution in [0.1, 0.15) is 28.7 Å². The number of carbonyl (C=O) groups excluding carboxylic acids is 1. The Kier molecular flexibility index (Phi) is 5.43. The fourth-order valence-electron chi connectivity index (χ4n) is 3.61. The molecule has 4 rings (SSSR count). The zero-order valence-electron chi connectivity index (χ0n) is 15.1. The molecule has 0 radical (unpaired) electrons. The van der Waals surface area contributed by atoms with Crippen molar-refractivity contribution in [2.45, 2.75) is 18.1 Å². The third-order valence-corrected chi connectivity index (χ3v) is 5.75. The van der Waals surface area contributed by atoms with Crippen LogP contribution in [0.25, 0.3) is 11.1 Å². The summed E-state index contributed by atoms with van der Waals surface area (Å²) in [7, 11) is 0. The molecule has 1 aliphatic carbocycles. The summed E-state index contributed by atoms with van der Waals surface area (Å²) in [5.74, 6) is -0.0144. The highest BCUT2D eigenvalue weighted by atomic mass is 32.1. The van der Waals surface area contributed by atoms with Gasteiger partial charge >= 0.3 is 6.09 Å². The maximum absolute atomic E-state index is 12.1. The van der Waals surface area contributed by atoms with Gasteiger partial charge in [-0.2, -0.15) is 11.3 Å². The Balaban J connectivity index is 1.35.